The highest BCUT2D eigenvalue weighted by Gasteiger charge is 2.28. The molecular formula is C16H14N2O7. The number of carbonyl (C=O) groups is 1. The van der Waals surface area contributed by atoms with Gasteiger partial charge in [0.1, 0.15) is 12.2 Å². The summed E-state index contributed by atoms with van der Waals surface area (Å²) in [5.41, 5.74) is 0.598. The van der Waals surface area contributed by atoms with Crippen molar-refractivity contribution < 1.29 is 24.5 Å². The summed E-state index contributed by atoms with van der Waals surface area (Å²) in [6.07, 6.45) is 0. The Kier molecular flexibility index (Phi) is 4.97. The van der Waals surface area contributed by atoms with Crippen molar-refractivity contribution in [3.8, 4) is 5.75 Å². The van der Waals surface area contributed by atoms with E-state index in [0.717, 1.165) is 22.8 Å². The fraction of sp³-hybridized carbons (Fsp3) is 0.188. The van der Waals surface area contributed by atoms with Crippen LogP contribution >= 0.6 is 0 Å². The highest BCUT2D eigenvalue weighted by Crippen LogP contribution is 2.35. The van der Waals surface area contributed by atoms with Gasteiger partial charge in [-0.1, -0.05) is 18.2 Å². The Morgan fingerprint density at radius 3 is 2.20 bits per heavy atom. The van der Waals surface area contributed by atoms with Gasteiger partial charge in [0.15, 0.2) is 5.75 Å². The number of aromatic carboxylic acids is 1. The minimum Gasteiger partial charge on any atom is -0.482 e. The Hall–Kier alpha value is -3.49. The second-order valence-corrected chi connectivity index (χ2v) is 5.36. The Labute approximate surface area is 141 Å². The number of ether oxygens (including phenoxy) is 1. The first-order valence-corrected chi connectivity index (χ1v) is 7.09. The Bertz CT molecular complexity index is 877. The van der Waals surface area contributed by atoms with Gasteiger partial charge in [-0.25, -0.2) is 4.79 Å². The van der Waals surface area contributed by atoms with Crippen LogP contribution in [0.25, 0.3) is 0 Å². The average molecular weight is 346 g/mol. The zero-order valence-corrected chi connectivity index (χ0v) is 13.4. The number of rotatable bonds is 6. The van der Waals surface area contributed by atoms with Crippen LogP contribution in [0.4, 0.5) is 11.4 Å². The first-order valence-electron chi connectivity index (χ1n) is 7.09. The molecule has 9 heteroatoms. The largest absolute Gasteiger partial charge is 0.482 e. The predicted molar refractivity (Wildman–Crippen MR) is 87.0 cm³/mol. The molecule has 25 heavy (non-hydrogen) atoms. The molecule has 0 saturated heterocycles. The molecule has 0 saturated carbocycles. The van der Waals surface area contributed by atoms with Crippen molar-refractivity contribution in [1.29, 1.82) is 0 Å². The number of nitro benzene ring substituents is 2. The van der Waals surface area contributed by atoms with E-state index >= 15 is 0 Å². The number of carboxylic acid groups (broad SMARTS) is 1. The molecule has 0 aromatic heterocycles. The van der Waals surface area contributed by atoms with Gasteiger partial charge in [-0.15, -0.1) is 0 Å². The average Bonchev–Trinajstić information content (AvgIpc) is 2.54. The molecule has 9 nitrogen and oxygen atoms in total. The number of hydrogen-bond acceptors (Lipinski definition) is 6. The lowest BCUT2D eigenvalue weighted by molar-refractivity contribution is -0.395. The van der Waals surface area contributed by atoms with Gasteiger partial charge in [0.25, 0.3) is 5.69 Å². The molecule has 0 spiro atoms. The third-order valence-corrected chi connectivity index (χ3v) is 3.67. The van der Waals surface area contributed by atoms with Crippen LogP contribution in [0.15, 0.2) is 30.3 Å². The van der Waals surface area contributed by atoms with E-state index in [0.29, 0.717) is 6.07 Å². The van der Waals surface area contributed by atoms with Gasteiger partial charge in [-0.05, 0) is 30.5 Å². The molecule has 0 bridgehead atoms. The standard InChI is InChI=1S/C16H14N2O7/c1-9-3-4-11(5-10(9)2)8-25-15-6-12(16(19)20)13(17(21)22)7-14(15)18(23)24/h3-7H,8H2,1-2H3,(H,19,20). The summed E-state index contributed by atoms with van der Waals surface area (Å²) < 4.78 is 5.38. The van der Waals surface area contributed by atoms with E-state index in [1.165, 1.54) is 0 Å². The molecule has 0 amide bonds. The van der Waals surface area contributed by atoms with Crippen molar-refractivity contribution in [1.82, 2.24) is 0 Å². The van der Waals surface area contributed by atoms with Crippen molar-refractivity contribution in [2.24, 2.45) is 0 Å². The number of hydrogen-bond donors (Lipinski definition) is 1. The lowest BCUT2D eigenvalue weighted by Gasteiger charge is -2.09. The molecule has 2 aromatic rings. The smallest absolute Gasteiger partial charge is 0.342 e. The van der Waals surface area contributed by atoms with Crippen LogP contribution in [0, 0.1) is 34.1 Å². The molecule has 2 rings (SSSR count). The van der Waals surface area contributed by atoms with Gasteiger partial charge in [0.2, 0.25) is 0 Å². The van der Waals surface area contributed by atoms with Crippen LogP contribution in [0.1, 0.15) is 27.0 Å². The van der Waals surface area contributed by atoms with Crippen LogP contribution < -0.4 is 4.74 Å². The highest BCUT2D eigenvalue weighted by molar-refractivity contribution is 5.93. The Morgan fingerprint density at radius 2 is 1.68 bits per heavy atom. The maximum Gasteiger partial charge on any atom is 0.342 e. The molecule has 2 aromatic carbocycles. The maximum atomic E-state index is 11.2. The molecule has 0 atom stereocenters. The minimum atomic E-state index is -1.57. The quantitative estimate of drug-likeness (QED) is 0.626. The summed E-state index contributed by atoms with van der Waals surface area (Å²) >= 11 is 0. The van der Waals surface area contributed by atoms with E-state index < -0.39 is 32.8 Å². The lowest BCUT2D eigenvalue weighted by atomic mass is 10.1. The SMILES string of the molecule is Cc1ccc(COc2cc(C(=O)O)c([N+](=O)[O-])cc2[N+](=O)[O-])cc1C. The second-order valence-electron chi connectivity index (χ2n) is 5.36. The van der Waals surface area contributed by atoms with Crippen molar-refractivity contribution in [2.45, 2.75) is 20.5 Å². The van der Waals surface area contributed by atoms with Crippen LogP contribution in [-0.2, 0) is 6.61 Å². The first-order chi connectivity index (χ1) is 11.7. The summed E-state index contributed by atoms with van der Waals surface area (Å²) in [5, 5.41) is 31.2. The normalized spacial score (nSPS) is 10.3. The van der Waals surface area contributed by atoms with Crippen molar-refractivity contribution >= 4 is 17.3 Å². The summed E-state index contributed by atoms with van der Waals surface area (Å²) in [7, 11) is 0. The number of carboxylic acids is 1. The maximum absolute atomic E-state index is 11.2. The fourth-order valence-corrected chi connectivity index (χ4v) is 2.19. The fourth-order valence-electron chi connectivity index (χ4n) is 2.19. The molecule has 130 valence electrons. The van der Waals surface area contributed by atoms with Crippen LogP contribution in [-0.4, -0.2) is 20.9 Å². The van der Waals surface area contributed by atoms with E-state index in [1.54, 1.807) is 6.07 Å². The third kappa shape index (κ3) is 3.89. The van der Waals surface area contributed by atoms with Gasteiger partial charge in [-0.3, -0.25) is 20.2 Å². The summed E-state index contributed by atoms with van der Waals surface area (Å²) in [6, 6.07) is 6.88. The number of nitrogens with zero attached hydrogens (tertiary/aromatic N) is 2. The number of benzene rings is 2. The molecule has 1 N–H and O–H groups in total. The Morgan fingerprint density at radius 1 is 1.04 bits per heavy atom. The van der Waals surface area contributed by atoms with Crippen LogP contribution in [0.3, 0.4) is 0 Å². The monoisotopic (exact) mass is 346 g/mol. The molecular weight excluding hydrogens is 332 g/mol. The van der Waals surface area contributed by atoms with E-state index in [-0.39, 0.29) is 12.4 Å². The third-order valence-electron chi connectivity index (χ3n) is 3.67. The molecule has 0 radical (unpaired) electrons. The van der Waals surface area contributed by atoms with Gasteiger partial charge >= 0.3 is 11.7 Å². The number of nitro groups is 2. The van der Waals surface area contributed by atoms with E-state index in [2.05, 4.69) is 0 Å². The lowest BCUT2D eigenvalue weighted by Crippen LogP contribution is -2.06. The van der Waals surface area contributed by atoms with Gasteiger partial charge in [0.05, 0.1) is 15.9 Å². The zero-order valence-electron chi connectivity index (χ0n) is 13.4. The molecule has 0 aliphatic carbocycles. The molecule has 0 heterocycles. The highest BCUT2D eigenvalue weighted by atomic mass is 16.6. The van der Waals surface area contributed by atoms with E-state index in [1.807, 2.05) is 26.0 Å². The summed E-state index contributed by atoms with van der Waals surface area (Å²) in [6.45, 7) is 3.79. The van der Waals surface area contributed by atoms with Gasteiger partial charge in [0, 0.05) is 6.07 Å². The summed E-state index contributed by atoms with van der Waals surface area (Å²) in [4.78, 5) is 31.4. The topological polar surface area (TPSA) is 133 Å². The molecule has 0 unspecified atom stereocenters. The van der Waals surface area contributed by atoms with Gasteiger partial charge < -0.3 is 9.84 Å². The molecule has 0 aliphatic heterocycles. The van der Waals surface area contributed by atoms with Gasteiger partial charge in [-0.2, -0.15) is 0 Å². The van der Waals surface area contributed by atoms with Crippen molar-refractivity contribution in [3.63, 3.8) is 0 Å². The van der Waals surface area contributed by atoms with Crippen molar-refractivity contribution in [2.75, 3.05) is 0 Å². The zero-order chi connectivity index (χ0) is 18.7. The molecule has 0 aliphatic rings. The molecule has 0 fully saturated rings. The predicted octanol–water partition coefficient (Wildman–Crippen LogP) is 3.40. The number of aryl methyl sites for hydroxylation is 2. The minimum absolute atomic E-state index is 0.0428. The first kappa shape index (κ1) is 17.9. The summed E-state index contributed by atoms with van der Waals surface area (Å²) in [5.74, 6) is -1.91. The van der Waals surface area contributed by atoms with Crippen LogP contribution in [0.5, 0.6) is 5.75 Å². The van der Waals surface area contributed by atoms with Crippen LogP contribution in [0.2, 0.25) is 0 Å². The van der Waals surface area contributed by atoms with Crippen molar-refractivity contribution in [3.05, 3.63) is 72.8 Å². The van der Waals surface area contributed by atoms with E-state index in [9.17, 15) is 25.0 Å². The van der Waals surface area contributed by atoms with E-state index in [4.69, 9.17) is 9.84 Å². The Balaban J connectivity index is 2.42. The second kappa shape index (κ2) is 6.95.